The predicted octanol–water partition coefficient (Wildman–Crippen LogP) is 4.62. The van der Waals surface area contributed by atoms with Crippen LogP contribution in [0.25, 0.3) is 0 Å². The van der Waals surface area contributed by atoms with Crippen LogP contribution in [0.2, 0.25) is 0 Å². The van der Waals surface area contributed by atoms with E-state index in [1.54, 1.807) is 0 Å². The summed E-state index contributed by atoms with van der Waals surface area (Å²) in [6.07, 6.45) is 12.0. The van der Waals surface area contributed by atoms with E-state index in [2.05, 4.69) is 26.1 Å². The first-order chi connectivity index (χ1) is 8.72. The van der Waals surface area contributed by atoms with E-state index in [-0.39, 0.29) is 0 Å². The van der Waals surface area contributed by atoms with E-state index < -0.39 is 0 Å². The number of hydrogen-bond acceptors (Lipinski definition) is 1. The minimum absolute atomic E-state index is 0.652. The Bertz CT molecular complexity index is 236. The molecule has 18 heavy (non-hydrogen) atoms. The third-order valence-corrected chi connectivity index (χ3v) is 5.55. The summed E-state index contributed by atoms with van der Waals surface area (Å²) < 4.78 is 0. The lowest BCUT2D eigenvalue weighted by molar-refractivity contribution is 0.126. The quantitative estimate of drug-likeness (QED) is 0.752. The predicted molar refractivity (Wildman–Crippen MR) is 79.7 cm³/mol. The molecule has 0 radical (unpaired) electrons. The molecule has 106 valence electrons. The maximum absolute atomic E-state index is 3.69. The van der Waals surface area contributed by atoms with E-state index in [0.29, 0.717) is 6.04 Å². The van der Waals surface area contributed by atoms with Crippen molar-refractivity contribution in [1.82, 2.24) is 5.32 Å². The molecule has 0 saturated heterocycles. The zero-order chi connectivity index (χ0) is 13.0. The zero-order valence-corrected chi connectivity index (χ0v) is 12.8. The third kappa shape index (κ3) is 3.50. The lowest BCUT2D eigenvalue weighted by Crippen LogP contribution is -2.35. The second kappa shape index (κ2) is 6.93. The van der Waals surface area contributed by atoms with E-state index in [1.165, 1.54) is 57.9 Å². The molecule has 2 aliphatic rings. The molecule has 1 nitrogen and oxygen atoms in total. The lowest BCUT2D eigenvalue weighted by Gasteiger charge is -2.38. The van der Waals surface area contributed by atoms with Crippen molar-refractivity contribution in [3.05, 3.63) is 0 Å². The van der Waals surface area contributed by atoms with Crippen LogP contribution in [0.15, 0.2) is 0 Å². The summed E-state index contributed by atoms with van der Waals surface area (Å²) in [5, 5.41) is 3.69. The Balaban J connectivity index is 1.92. The maximum atomic E-state index is 3.69. The zero-order valence-electron chi connectivity index (χ0n) is 12.8. The van der Waals surface area contributed by atoms with Gasteiger partial charge in [-0.15, -0.1) is 0 Å². The highest BCUT2D eigenvalue weighted by Gasteiger charge is 2.37. The largest absolute Gasteiger partial charge is 0.314 e. The van der Waals surface area contributed by atoms with Crippen molar-refractivity contribution in [2.75, 3.05) is 6.54 Å². The van der Waals surface area contributed by atoms with Gasteiger partial charge in [0.2, 0.25) is 0 Å². The van der Waals surface area contributed by atoms with Crippen LogP contribution in [0, 0.1) is 23.7 Å². The van der Waals surface area contributed by atoms with Crippen LogP contribution in [-0.2, 0) is 0 Å². The number of nitrogens with one attached hydrogen (secondary N) is 1. The SMILES string of the molecule is CCC1CCCCC1C1CCCC1CNC(C)C. The number of hydrogen-bond donors (Lipinski definition) is 1. The maximum Gasteiger partial charge on any atom is 0.00104 e. The van der Waals surface area contributed by atoms with Gasteiger partial charge in [-0.1, -0.05) is 52.9 Å². The van der Waals surface area contributed by atoms with E-state index in [4.69, 9.17) is 0 Å². The van der Waals surface area contributed by atoms with Gasteiger partial charge in [0.25, 0.3) is 0 Å². The normalized spacial score (nSPS) is 37.3. The molecule has 1 N–H and O–H groups in total. The van der Waals surface area contributed by atoms with Crippen LogP contribution in [-0.4, -0.2) is 12.6 Å². The molecule has 0 aromatic rings. The lowest BCUT2D eigenvalue weighted by atomic mass is 9.68. The summed E-state index contributed by atoms with van der Waals surface area (Å²) in [4.78, 5) is 0. The molecule has 0 bridgehead atoms. The van der Waals surface area contributed by atoms with Crippen molar-refractivity contribution >= 4 is 0 Å². The standard InChI is InChI=1S/C17H33N/c1-4-14-8-5-6-10-16(14)17-11-7-9-15(17)12-18-13(2)3/h13-18H,4-12H2,1-3H3. The first-order valence-electron chi connectivity index (χ1n) is 8.45. The Labute approximate surface area is 114 Å². The Kier molecular flexibility index (Phi) is 5.54. The first kappa shape index (κ1) is 14.4. The molecule has 2 fully saturated rings. The van der Waals surface area contributed by atoms with Crippen molar-refractivity contribution in [2.45, 2.75) is 78.2 Å². The Morgan fingerprint density at radius 2 is 1.50 bits per heavy atom. The van der Waals surface area contributed by atoms with Gasteiger partial charge in [-0.05, 0) is 49.5 Å². The second-order valence-electron chi connectivity index (χ2n) is 7.03. The van der Waals surface area contributed by atoms with Crippen molar-refractivity contribution < 1.29 is 0 Å². The molecule has 0 amide bonds. The van der Waals surface area contributed by atoms with Crippen LogP contribution in [0.3, 0.4) is 0 Å². The molecule has 0 aliphatic heterocycles. The first-order valence-corrected chi connectivity index (χ1v) is 8.45. The Hall–Kier alpha value is -0.0400. The molecule has 1 heteroatoms. The Morgan fingerprint density at radius 3 is 2.22 bits per heavy atom. The van der Waals surface area contributed by atoms with Gasteiger partial charge in [0.1, 0.15) is 0 Å². The topological polar surface area (TPSA) is 12.0 Å². The second-order valence-corrected chi connectivity index (χ2v) is 7.03. The Morgan fingerprint density at radius 1 is 0.889 bits per heavy atom. The molecule has 0 heterocycles. The molecule has 2 saturated carbocycles. The highest BCUT2D eigenvalue weighted by atomic mass is 14.9. The van der Waals surface area contributed by atoms with Gasteiger partial charge in [-0.3, -0.25) is 0 Å². The summed E-state index contributed by atoms with van der Waals surface area (Å²) in [7, 11) is 0. The minimum Gasteiger partial charge on any atom is -0.314 e. The van der Waals surface area contributed by atoms with Crippen LogP contribution < -0.4 is 5.32 Å². The van der Waals surface area contributed by atoms with Crippen molar-refractivity contribution in [3.63, 3.8) is 0 Å². The van der Waals surface area contributed by atoms with Crippen molar-refractivity contribution in [1.29, 1.82) is 0 Å². The van der Waals surface area contributed by atoms with Crippen molar-refractivity contribution in [3.8, 4) is 0 Å². The van der Waals surface area contributed by atoms with E-state index in [1.807, 2.05) is 0 Å². The van der Waals surface area contributed by atoms with Gasteiger partial charge in [0.15, 0.2) is 0 Å². The van der Waals surface area contributed by atoms with E-state index in [9.17, 15) is 0 Å². The van der Waals surface area contributed by atoms with Gasteiger partial charge in [-0.2, -0.15) is 0 Å². The summed E-state index contributed by atoms with van der Waals surface area (Å²) in [6, 6.07) is 0.652. The fourth-order valence-electron chi connectivity index (χ4n) is 4.58. The van der Waals surface area contributed by atoms with Gasteiger partial charge in [0, 0.05) is 6.04 Å². The van der Waals surface area contributed by atoms with Gasteiger partial charge in [-0.25, -0.2) is 0 Å². The molecule has 2 rings (SSSR count). The molecule has 2 aliphatic carbocycles. The van der Waals surface area contributed by atoms with Gasteiger partial charge < -0.3 is 5.32 Å². The third-order valence-electron chi connectivity index (χ3n) is 5.55. The van der Waals surface area contributed by atoms with Crippen LogP contribution >= 0.6 is 0 Å². The summed E-state index contributed by atoms with van der Waals surface area (Å²) in [5.41, 5.74) is 0. The van der Waals surface area contributed by atoms with Gasteiger partial charge >= 0.3 is 0 Å². The molecular formula is C17H33N. The van der Waals surface area contributed by atoms with Crippen LogP contribution in [0.4, 0.5) is 0 Å². The fraction of sp³-hybridized carbons (Fsp3) is 1.00. The summed E-state index contributed by atoms with van der Waals surface area (Å²) in [6.45, 7) is 8.24. The summed E-state index contributed by atoms with van der Waals surface area (Å²) in [5.74, 6) is 4.12. The highest BCUT2D eigenvalue weighted by molar-refractivity contribution is 4.88. The fourth-order valence-corrected chi connectivity index (χ4v) is 4.58. The van der Waals surface area contributed by atoms with Gasteiger partial charge in [0.05, 0.1) is 0 Å². The molecule has 0 aromatic carbocycles. The smallest absolute Gasteiger partial charge is 0.00104 e. The monoisotopic (exact) mass is 251 g/mol. The molecule has 0 aromatic heterocycles. The molecule has 4 atom stereocenters. The molecule has 0 spiro atoms. The average Bonchev–Trinajstić information content (AvgIpc) is 2.84. The summed E-state index contributed by atoms with van der Waals surface area (Å²) >= 11 is 0. The van der Waals surface area contributed by atoms with E-state index >= 15 is 0 Å². The average molecular weight is 251 g/mol. The van der Waals surface area contributed by atoms with Crippen molar-refractivity contribution in [2.24, 2.45) is 23.7 Å². The van der Waals surface area contributed by atoms with Crippen LogP contribution in [0.5, 0.6) is 0 Å². The van der Waals surface area contributed by atoms with E-state index in [0.717, 1.165) is 23.7 Å². The molecule has 4 unspecified atom stereocenters. The molecular weight excluding hydrogens is 218 g/mol. The number of rotatable bonds is 5. The van der Waals surface area contributed by atoms with Crippen LogP contribution in [0.1, 0.15) is 72.1 Å². The minimum atomic E-state index is 0.652. The highest BCUT2D eigenvalue weighted by Crippen LogP contribution is 2.46.